The Morgan fingerprint density at radius 1 is 0.690 bits per heavy atom. The van der Waals surface area contributed by atoms with Crippen LogP contribution in [0.5, 0.6) is 0 Å². The molecule has 5 aromatic carbocycles. The summed E-state index contributed by atoms with van der Waals surface area (Å²) in [6.45, 7) is 1.58. The molecule has 0 aliphatic carbocycles. The van der Waals surface area contributed by atoms with Crippen molar-refractivity contribution in [2.75, 3.05) is 20.3 Å². The molecule has 0 unspecified atom stereocenters. The molecular weight excluding hydrogens is 516 g/mol. The monoisotopic (exact) mass is 550 g/mol. The molecule has 0 saturated heterocycles. The van der Waals surface area contributed by atoms with Gasteiger partial charge in [-0.25, -0.2) is 4.79 Å². The molecule has 208 valence electrons. The maximum atomic E-state index is 12.5. The second-order valence-corrected chi connectivity index (χ2v) is 10.5. The summed E-state index contributed by atoms with van der Waals surface area (Å²) in [4.78, 5) is 17.3. The van der Waals surface area contributed by atoms with Gasteiger partial charge < -0.3 is 14.5 Å². The molecule has 1 heterocycles. The second kappa shape index (κ2) is 12.2. The average molecular weight is 551 g/mol. The second-order valence-electron chi connectivity index (χ2n) is 10.5. The van der Waals surface area contributed by atoms with E-state index in [1.165, 1.54) is 29.4 Å². The number of rotatable bonds is 9. The molecule has 1 aliphatic heterocycles. The van der Waals surface area contributed by atoms with E-state index in [1.54, 1.807) is 0 Å². The summed E-state index contributed by atoms with van der Waals surface area (Å²) >= 11 is 0. The number of hydrogen-bond donors (Lipinski definition) is 0. The number of hydrogen-bond acceptors (Lipinski definition) is 4. The zero-order valence-corrected chi connectivity index (χ0v) is 23.8. The molecule has 0 spiro atoms. The third kappa shape index (κ3) is 5.19. The Bertz CT molecular complexity index is 1550. The summed E-state index contributed by atoms with van der Waals surface area (Å²) in [5, 5.41) is 0. The molecule has 42 heavy (non-hydrogen) atoms. The molecule has 0 aromatic heterocycles. The minimum Gasteiger partial charge on any atom is -0.465 e. The lowest BCUT2D eigenvalue weighted by atomic mass is 9.76. The lowest BCUT2D eigenvalue weighted by Gasteiger charge is -2.44. The quantitative estimate of drug-likeness (QED) is 0.139. The summed E-state index contributed by atoms with van der Waals surface area (Å²) in [6, 6.07) is 48.4. The van der Waals surface area contributed by atoms with Crippen molar-refractivity contribution in [3.05, 3.63) is 180 Å². The SMILES string of the molecule is COC(=O)c1ccc(CCN2C=CN(C(c3ccccc3)(c3ccccc3)c3ccccc3)C2)cc1-c1ccccc1. The fraction of sp³-hybridized carbons (Fsp3) is 0.132. The standard InChI is InChI=1S/C38H34N2O2/c1-42-37(41)35-23-22-30(28-36(35)31-14-6-2-7-15-31)24-25-39-26-27-40(29-39)38(32-16-8-3-9-17-32,33-18-10-4-11-19-33)34-20-12-5-13-21-34/h2-23,26-28H,24-25,29H2,1H3. The predicted molar refractivity (Wildman–Crippen MR) is 169 cm³/mol. The van der Waals surface area contributed by atoms with Gasteiger partial charge in [-0.2, -0.15) is 0 Å². The Labute approximate surface area is 248 Å². The van der Waals surface area contributed by atoms with Crippen LogP contribution >= 0.6 is 0 Å². The first-order valence-electron chi connectivity index (χ1n) is 14.3. The first kappa shape index (κ1) is 27.1. The van der Waals surface area contributed by atoms with Crippen molar-refractivity contribution >= 4 is 5.97 Å². The van der Waals surface area contributed by atoms with Gasteiger partial charge in [-0.3, -0.25) is 0 Å². The van der Waals surface area contributed by atoms with Crippen molar-refractivity contribution < 1.29 is 9.53 Å². The lowest BCUT2D eigenvalue weighted by Crippen LogP contribution is -2.46. The number of carbonyl (C=O) groups excluding carboxylic acids is 1. The van der Waals surface area contributed by atoms with Crippen molar-refractivity contribution in [1.29, 1.82) is 0 Å². The maximum Gasteiger partial charge on any atom is 0.338 e. The fourth-order valence-electron chi connectivity index (χ4n) is 6.03. The van der Waals surface area contributed by atoms with Gasteiger partial charge in [-0.05, 0) is 45.9 Å². The minimum atomic E-state index is -0.488. The fourth-order valence-corrected chi connectivity index (χ4v) is 6.03. The summed E-state index contributed by atoms with van der Waals surface area (Å²) in [6.07, 6.45) is 5.27. The first-order valence-corrected chi connectivity index (χ1v) is 14.3. The average Bonchev–Trinajstić information content (AvgIpc) is 3.55. The van der Waals surface area contributed by atoms with E-state index in [0.717, 1.165) is 30.8 Å². The van der Waals surface area contributed by atoms with Gasteiger partial charge in [0.2, 0.25) is 0 Å². The smallest absolute Gasteiger partial charge is 0.338 e. The zero-order valence-electron chi connectivity index (χ0n) is 23.8. The molecule has 4 nitrogen and oxygen atoms in total. The number of carbonyl (C=O) groups is 1. The molecule has 4 heteroatoms. The number of methoxy groups -OCH3 is 1. The van der Waals surface area contributed by atoms with E-state index < -0.39 is 5.54 Å². The van der Waals surface area contributed by atoms with Crippen LogP contribution in [0.1, 0.15) is 32.6 Å². The molecule has 0 bridgehead atoms. The number of nitrogens with zero attached hydrogens (tertiary/aromatic N) is 2. The molecule has 0 radical (unpaired) electrons. The third-order valence-corrected chi connectivity index (χ3v) is 8.06. The Hall–Kier alpha value is -5.09. The highest BCUT2D eigenvalue weighted by Crippen LogP contribution is 2.43. The Morgan fingerprint density at radius 2 is 1.21 bits per heavy atom. The molecular formula is C38H34N2O2. The highest BCUT2D eigenvalue weighted by atomic mass is 16.5. The van der Waals surface area contributed by atoms with Gasteiger partial charge in [0.25, 0.3) is 0 Å². The van der Waals surface area contributed by atoms with E-state index in [-0.39, 0.29) is 5.97 Å². The van der Waals surface area contributed by atoms with Gasteiger partial charge >= 0.3 is 5.97 Å². The highest BCUT2D eigenvalue weighted by molar-refractivity contribution is 5.97. The Kier molecular flexibility index (Phi) is 7.87. The van der Waals surface area contributed by atoms with Gasteiger partial charge in [0.1, 0.15) is 5.54 Å². The molecule has 0 atom stereocenters. The molecule has 0 fully saturated rings. The minimum absolute atomic E-state index is 0.322. The highest BCUT2D eigenvalue weighted by Gasteiger charge is 2.42. The Balaban J connectivity index is 1.30. The summed E-state index contributed by atoms with van der Waals surface area (Å²) < 4.78 is 5.07. The van der Waals surface area contributed by atoms with Crippen molar-refractivity contribution in [3.8, 4) is 11.1 Å². The maximum absolute atomic E-state index is 12.5. The topological polar surface area (TPSA) is 32.8 Å². The molecule has 6 rings (SSSR count). The number of benzene rings is 5. The first-order chi connectivity index (χ1) is 20.7. The van der Waals surface area contributed by atoms with Gasteiger partial charge in [0.15, 0.2) is 0 Å². The normalized spacial score (nSPS) is 12.9. The zero-order chi connectivity index (χ0) is 28.8. The van der Waals surface area contributed by atoms with Crippen molar-refractivity contribution in [1.82, 2.24) is 9.80 Å². The van der Waals surface area contributed by atoms with Crippen LogP contribution < -0.4 is 0 Å². The van der Waals surface area contributed by atoms with Crippen LogP contribution in [0.25, 0.3) is 11.1 Å². The molecule has 1 aliphatic rings. The van der Waals surface area contributed by atoms with Crippen LogP contribution in [0.2, 0.25) is 0 Å². The summed E-state index contributed by atoms with van der Waals surface area (Å²) in [5.41, 5.74) is 6.84. The molecule has 0 amide bonds. The number of ether oxygens (including phenoxy) is 1. The molecule has 0 N–H and O–H groups in total. The van der Waals surface area contributed by atoms with E-state index in [0.29, 0.717) is 5.56 Å². The van der Waals surface area contributed by atoms with Gasteiger partial charge in [0, 0.05) is 18.9 Å². The summed E-state index contributed by atoms with van der Waals surface area (Å²) in [7, 11) is 1.43. The van der Waals surface area contributed by atoms with Crippen molar-refractivity contribution in [2.45, 2.75) is 12.0 Å². The van der Waals surface area contributed by atoms with E-state index in [2.05, 4.69) is 119 Å². The van der Waals surface area contributed by atoms with E-state index in [4.69, 9.17) is 4.74 Å². The van der Waals surface area contributed by atoms with Crippen LogP contribution in [-0.2, 0) is 16.7 Å². The molecule has 5 aromatic rings. The third-order valence-electron chi connectivity index (χ3n) is 8.06. The molecule has 0 saturated carbocycles. The van der Waals surface area contributed by atoms with E-state index in [9.17, 15) is 4.79 Å². The summed E-state index contributed by atoms with van der Waals surface area (Å²) in [5.74, 6) is -0.322. The van der Waals surface area contributed by atoms with Gasteiger partial charge in [-0.1, -0.05) is 133 Å². The van der Waals surface area contributed by atoms with Crippen LogP contribution in [0, 0.1) is 0 Å². The van der Waals surface area contributed by atoms with E-state index >= 15 is 0 Å². The van der Waals surface area contributed by atoms with Crippen LogP contribution in [-0.4, -0.2) is 36.1 Å². The number of esters is 1. The predicted octanol–water partition coefficient (Wildman–Crippen LogP) is 7.72. The Morgan fingerprint density at radius 3 is 1.74 bits per heavy atom. The van der Waals surface area contributed by atoms with E-state index in [1.807, 2.05) is 42.5 Å². The van der Waals surface area contributed by atoms with Crippen LogP contribution in [0.4, 0.5) is 0 Å². The largest absolute Gasteiger partial charge is 0.465 e. The van der Waals surface area contributed by atoms with Crippen LogP contribution in [0.15, 0.2) is 152 Å². The van der Waals surface area contributed by atoms with Gasteiger partial charge in [0.05, 0.1) is 19.3 Å². The van der Waals surface area contributed by atoms with Crippen molar-refractivity contribution in [2.24, 2.45) is 0 Å². The van der Waals surface area contributed by atoms with Crippen LogP contribution in [0.3, 0.4) is 0 Å². The van der Waals surface area contributed by atoms with Gasteiger partial charge in [-0.15, -0.1) is 0 Å². The lowest BCUT2D eigenvalue weighted by molar-refractivity contribution is 0.0601. The van der Waals surface area contributed by atoms with Crippen molar-refractivity contribution in [3.63, 3.8) is 0 Å².